The highest BCUT2D eigenvalue weighted by Crippen LogP contribution is 2.48. The molecule has 10 heteroatoms. The van der Waals surface area contributed by atoms with Gasteiger partial charge in [-0.3, -0.25) is 14.5 Å². The molecule has 5 rings (SSSR count). The Hall–Kier alpha value is -3.84. The molecule has 3 aromatic rings. The van der Waals surface area contributed by atoms with E-state index in [1.165, 1.54) is 11.8 Å². The molecule has 0 bridgehead atoms. The minimum atomic E-state index is -1.65. The number of aliphatic hydroxyl groups excluding tert-OH is 1. The minimum Gasteiger partial charge on any atom is -0.396 e. The molecule has 1 aromatic heterocycles. The number of carbonyl (C=O) groups excluding carboxylic acids is 2. The van der Waals surface area contributed by atoms with Gasteiger partial charge in [0.2, 0.25) is 5.91 Å². The highest BCUT2D eigenvalue weighted by Gasteiger charge is 2.54. The fourth-order valence-corrected chi connectivity index (χ4v) is 6.42. The third-order valence-corrected chi connectivity index (χ3v) is 8.28. The van der Waals surface area contributed by atoms with Gasteiger partial charge >= 0.3 is 0 Å². The molecule has 2 aliphatic heterocycles. The van der Waals surface area contributed by atoms with Gasteiger partial charge in [-0.2, -0.15) is 5.26 Å². The van der Waals surface area contributed by atoms with E-state index in [1.807, 2.05) is 6.07 Å². The summed E-state index contributed by atoms with van der Waals surface area (Å²) >= 11 is 6.15. The lowest BCUT2D eigenvalue weighted by molar-refractivity contribution is -0.133. The van der Waals surface area contributed by atoms with Gasteiger partial charge in [0.05, 0.1) is 12.2 Å². The normalized spacial score (nSPS) is 21.0. The number of fused-ring (bicyclic) bond motifs is 1. The van der Waals surface area contributed by atoms with Crippen LogP contribution in [0.5, 0.6) is 0 Å². The van der Waals surface area contributed by atoms with E-state index in [0.717, 1.165) is 12.8 Å². The van der Waals surface area contributed by atoms with Crippen molar-refractivity contribution in [2.24, 2.45) is 0 Å². The molecule has 0 spiro atoms. The number of anilines is 1. The SMILES string of the molecule is CC(=O)N1CCCCC1C(CO)c1cccc2c1C(=O)N(c1ccc(Cl)cc1)[C@]2(Cc1cccc(C#N)n1)OCF. The number of alkyl halides is 1. The topological polar surface area (TPSA) is 107 Å². The smallest absolute Gasteiger partial charge is 0.261 e. The highest BCUT2D eigenvalue weighted by molar-refractivity contribution is 6.30. The molecule has 2 aromatic carbocycles. The Morgan fingerprint density at radius 2 is 1.98 bits per heavy atom. The van der Waals surface area contributed by atoms with E-state index in [2.05, 4.69) is 4.98 Å². The van der Waals surface area contributed by atoms with Gasteiger partial charge in [0.15, 0.2) is 12.6 Å². The van der Waals surface area contributed by atoms with E-state index >= 15 is 0 Å². The number of pyridine rings is 1. The first-order valence-electron chi connectivity index (χ1n) is 13.5. The zero-order valence-electron chi connectivity index (χ0n) is 22.6. The number of rotatable bonds is 8. The third-order valence-electron chi connectivity index (χ3n) is 8.03. The number of piperidine rings is 1. The zero-order valence-corrected chi connectivity index (χ0v) is 23.4. The summed E-state index contributed by atoms with van der Waals surface area (Å²) in [6.07, 6.45) is 2.39. The second-order valence-electron chi connectivity index (χ2n) is 10.3. The Morgan fingerprint density at radius 1 is 1.22 bits per heavy atom. The van der Waals surface area contributed by atoms with Crippen molar-refractivity contribution in [1.82, 2.24) is 9.88 Å². The zero-order chi connectivity index (χ0) is 29.1. The molecule has 8 nitrogen and oxygen atoms in total. The van der Waals surface area contributed by atoms with Crippen LogP contribution in [0.1, 0.15) is 65.0 Å². The number of aliphatic hydroxyl groups is 1. The highest BCUT2D eigenvalue weighted by atomic mass is 35.5. The number of halogens is 2. The number of hydrogen-bond donors (Lipinski definition) is 1. The van der Waals surface area contributed by atoms with Crippen LogP contribution in [0.15, 0.2) is 60.7 Å². The number of aromatic nitrogens is 1. The third kappa shape index (κ3) is 5.19. The lowest BCUT2D eigenvalue weighted by Gasteiger charge is -2.40. The van der Waals surface area contributed by atoms with Crippen molar-refractivity contribution in [3.8, 4) is 6.07 Å². The van der Waals surface area contributed by atoms with Crippen LogP contribution in [-0.4, -0.2) is 52.9 Å². The number of benzene rings is 2. The van der Waals surface area contributed by atoms with Crippen LogP contribution in [0.3, 0.4) is 0 Å². The lowest BCUT2D eigenvalue weighted by Crippen LogP contribution is -2.48. The van der Waals surface area contributed by atoms with Crippen LogP contribution in [-0.2, 0) is 21.7 Å². The summed E-state index contributed by atoms with van der Waals surface area (Å²) in [4.78, 5) is 34.6. The van der Waals surface area contributed by atoms with Gasteiger partial charge in [0.25, 0.3) is 5.91 Å². The maximum atomic E-state index is 14.5. The molecule has 1 fully saturated rings. The number of nitrogens with zero attached hydrogens (tertiary/aromatic N) is 4. The first-order chi connectivity index (χ1) is 19.8. The van der Waals surface area contributed by atoms with Gasteiger partial charge in [0.1, 0.15) is 11.8 Å². The summed E-state index contributed by atoms with van der Waals surface area (Å²) in [5.41, 5.74) is 0.650. The molecular formula is C31H30ClFN4O4. The first kappa shape index (κ1) is 28.7. The van der Waals surface area contributed by atoms with Crippen LogP contribution >= 0.6 is 11.6 Å². The lowest BCUT2D eigenvalue weighted by atomic mass is 9.81. The Balaban J connectivity index is 1.72. The monoisotopic (exact) mass is 576 g/mol. The molecule has 2 aliphatic rings. The molecular weight excluding hydrogens is 547 g/mol. The Labute approximate surface area is 242 Å². The molecule has 0 saturated carbocycles. The predicted octanol–water partition coefficient (Wildman–Crippen LogP) is 5.08. The summed E-state index contributed by atoms with van der Waals surface area (Å²) < 4.78 is 20.2. The summed E-state index contributed by atoms with van der Waals surface area (Å²) in [6.45, 7) is 0.593. The van der Waals surface area contributed by atoms with Crippen LogP contribution in [0.25, 0.3) is 0 Å². The molecule has 41 heavy (non-hydrogen) atoms. The largest absolute Gasteiger partial charge is 0.396 e. The first-order valence-corrected chi connectivity index (χ1v) is 13.9. The maximum Gasteiger partial charge on any atom is 0.261 e. The van der Waals surface area contributed by atoms with Crippen molar-refractivity contribution in [2.75, 3.05) is 24.9 Å². The molecule has 0 aliphatic carbocycles. The molecule has 212 valence electrons. The summed E-state index contributed by atoms with van der Waals surface area (Å²) in [5, 5.41) is 20.6. The van der Waals surface area contributed by atoms with E-state index in [0.29, 0.717) is 46.1 Å². The molecule has 3 heterocycles. The summed E-state index contributed by atoms with van der Waals surface area (Å²) in [6, 6.07) is 18.5. The molecule has 0 radical (unpaired) electrons. The number of amides is 2. The van der Waals surface area contributed by atoms with E-state index in [-0.39, 0.29) is 30.7 Å². The fourth-order valence-electron chi connectivity index (χ4n) is 6.29. The fraction of sp³-hybridized carbons (Fsp3) is 0.355. The van der Waals surface area contributed by atoms with Crippen molar-refractivity contribution < 1.29 is 23.8 Å². The quantitative estimate of drug-likeness (QED) is 0.401. The van der Waals surface area contributed by atoms with E-state index in [9.17, 15) is 24.3 Å². The van der Waals surface area contributed by atoms with Gasteiger partial charge in [0, 0.05) is 53.8 Å². The van der Waals surface area contributed by atoms with Gasteiger partial charge in [-0.15, -0.1) is 0 Å². The number of nitriles is 1. The van der Waals surface area contributed by atoms with Gasteiger partial charge in [-0.25, -0.2) is 9.37 Å². The second kappa shape index (κ2) is 12.0. The number of carbonyl (C=O) groups is 2. The van der Waals surface area contributed by atoms with Gasteiger partial charge in [-0.1, -0.05) is 35.9 Å². The Morgan fingerprint density at radius 3 is 2.66 bits per heavy atom. The van der Waals surface area contributed by atoms with Gasteiger partial charge in [-0.05, 0) is 61.2 Å². The maximum absolute atomic E-state index is 14.5. The van der Waals surface area contributed by atoms with Crippen molar-refractivity contribution in [3.05, 3.63) is 93.8 Å². The number of ether oxygens (including phenoxy) is 1. The van der Waals surface area contributed by atoms with Crippen LogP contribution in [0.2, 0.25) is 5.02 Å². The Bertz CT molecular complexity index is 1490. The molecule has 1 N–H and O–H groups in total. The standard InChI is InChI=1S/C31H30ClFN4O4/c1-20(39)36-15-3-2-10-28(36)26(18-38)25-8-5-9-27-29(25)30(40)37(24-13-11-21(32)12-14-24)31(27,41-19-33)16-22-6-4-7-23(17-34)35-22/h4-9,11-14,26,28,38H,2-3,10,15-16,18-19H2,1H3/t26?,28?,31-/m1/s1. The molecule has 2 amide bonds. The average Bonchev–Trinajstić information content (AvgIpc) is 3.22. The number of hydrogen-bond acceptors (Lipinski definition) is 6. The summed E-state index contributed by atoms with van der Waals surface area (Å²) in [5.74, 6) is -1.08. The number of likely N-dealkylation sites (tertiary alicyclic amines) is 1. The van der Waals surface area contributed by atoms with Gasteiger partial charge < -0.3 is 14.7 Å². The molecule has 2 unspecified atom stereocenters. The van der Waals surface area contributed by atoms with Crippen molar-refractivity contribution in [1.29, 1.82) is 5.26 Å². The van der Waals surface area contributed by atoms with Crippen molar-refractivity contribution >= 4 is 29.1 Å². The molecule has 1 saturated heterocycles. The van der Waals surface area contributed by atoms with E-state index in [4.69, 9.17) is 16.3 Å². The average molecular weight is 577 g/mol. The van der Waals surface area contributed by atoms with Crippen LogP contribution in [0, 0.1) is 11.3 Å². The second-order valence-corrected chi connectivity index (χ2v) is 10.7. The minimum absolute atomic E-state index is 0.0515. The Kier molecular flexibility index (Phi) is 8.36. The van der Waals surface area contributed by atoms with E-state index < -0.39 is 24.4 Å². The van der Waals surface area contributed by atoms with E-state index in [1.54, 1.807) is 65.6 Å². The summed E-state index contributed by atoms with van der Waals surface area (Å²) in [7, 11) is 0. The molecule has 3 atom stereocenters. The van der Waals surface area contributed by atoms with Crippen LogP contribution < -0.4 is 4.90 Å². The van der Waals surface area contributed by atoms with Crippen molar-refractivity contribution in [3.63, 3.8) is 0 Å². The van der Waals surface area contributed by atoms with Crippen molar-refractivity contribution in [2.45, 2.75) is 50.3 Å². The van der Waals surface area contributed by atoms with Crippen LogP contribution in [0.4, 0.5) is 10.1 Å². The predicted molar refractivity (Wildman–Crippen MR) is 151 cm³/mol.